The SMILES string of the molecule is CCNc1ncc(Cl)c(Sc2ccc(F)c(F)c2)n1. The molecule has 0 saturated heterocycles. The van der Waals surface area contributed by atoms with Crippen LogP contribution in [0.15, 0.2) is 34.3 Å². The van der Waals surface area contributed by atoms with E-state index in [4.69, 9.17) is 11.6 Å². The van der Waals surface area contributed by atoms with Crippen molar-refractivity contribution < 1.29 is 8.78 Å². The summed E-state index contributed by atoms with van der Waals surface area (Å²) in [4.78, 5) is 8.72. The number of halogens is 3. The van der Waals surface area contributed by atoms with Gasteiger partial charge in [-0.15, -0.1) is 0 Å². The first-order valence-electron chi connectivity index (χ1n) is 5.49. The molecular weight excluding hydrogens is 292 g/mol. The first kappa shape index (κ1) is 14.0. The van der Waals surface area contributed by atoms with Gasteiger partial charge in [-0.2, -0.15) is 0 Å². The molecule has 2 aromatic rings. The minimum absolute atomic E-state index is 0.358. The first-order chi connectivity index (χ1) is 9.10. The number of rotatable bonds is 4. The second-order valence-corrected chi connectivity index (χ2v) is 5.02. The summed E-state index contributed by atoms with van der Waals surface area (Å²) in [5.74, 6) is -1.34. The van der Waals surface area contributed by atoms with Gasteiger partial charge in [0, 0.05) is 11.4 Å². The van der Waals surface area contributed by atoms with Crippen LogP contribution in [0.2, 0.25) is 5.02 Å². The topological polar surface area (TPSA) is 37.8 Å². The highest BCUT2D eigenvalue weighted by Gasteiger charge is 2.09. The van der Waals surface area contributed by atoms with Crippen LogP contribution in [0.4, 0.5) is 14.7 Å². The summed E-state index contributed by atoms with van der Waals surface area (Å²) in [6.45, 7) is 2.59. The maximum atomic E-state index is 13.1. The van der Waals surface area contributed by atoms with Crippen LogP contribution in [-0.2, 0) is 0 Å². The van der Waals surface area contributed by atoms with Gasteiger partial charge in [-0.25, -0.2) is 18.7 Å². The van der Waals surface area contributed by atoms with Crippen molar-refractivity contribution in [2.45, 2.75) is 16.8 Å². The zero-order valence-corrected chi connectivity index (χ0v) is 11.5. The Morgan fingerprint density at radius 2 is 2.11 bits per heavy atom. The molecule has 0 spiro atoms. The maximum Gasteiger partial charge on any atom is 0.223 e. The van der Waals surface area contributed by atoms with Crippen molar-refractivity contribution in [3.8, 4) is 0 Å². The summed E-state index contributed by atoms with van der Waals surface area (Å²) >= 11 is 7.12. The van der Waals surface area contributed by atoms with Crippen LogP contribution in [-0.4, -0.2) is 16.5 Å². The minimum atomic E-state index is -0.901. The Bertz CT molecular complexity index is 595. The third kappa shape index (κ3) is 3.54. The van der Waals surface area contributed by atoms with E-state index in [0.717, 1.165) is 23.9 Å². The van der Waals surface area contributed by atoms with Crippen LogP contribution in [0.1, 0.15) is 6.92 Å². The van der Waals surface area contributed by atoms with Crippen LogP contribution >= 0.6 is 23.4 Å². The summed E-state index contributed by atoms with van der Waals surface area (Å²) in [6.07, 6.45) is 1.47. The number of anilines is 1. The van der Waals surface area contributed by atoms with E-state index in [9.17, 15) is 8.78 Å². The van der Waals surface area contributed by atoms with Gasteiger partial charge in [0.05, 0.1) is 11.2 Å². The van der Waals surface area contributed by atoms with E-state index in [0.29, 0.717) is 27.4 Å². The Hall–Kier alpha value is -1.40. The van der Waals surface area contributed by atoms with Crippen LogP contribution in [0.5, 0.6) is 0 Å². The zero-order valence-electron chi connectivity index (χ0n) is 9.95. The van der Waals surface area contributed by atoms with Gasteiger partial charge in [-0.3, -0.25) is 0 Å². The fraction of sp³-hybridized carbons (Fsp3) is 0.167. The first-order valence-corrected chi connectivity index (χ1v) is 6.69. The average molecular weight is 302 g/mol. The van der Waals surface area contributed by atoms with E-state index >= 15 is 0 Å². The number of aromatic nitrogens is 2. The molecule has 0 amide bonds. The van der Waals surface area contributed by atoms with Crippen molar-refractivity contribution in [1.82, 2.24) is 9.97 Å². The average Bonchev–Trinajstić information content (AvgIpc) is 2.38. The highest BCUT2D eigenvalue weighted by molar-refractivity contribution is 7.99. The van der Waals surface area contributed by atoms with Crippen molar-refractivity contribution >= 4 is 29.3 Å². The molecule has 3 nitrogen and oxygen atoms in total. The molecule has 100 valence electrons. The van der Waals surface area contributed by atoms with Gasteiger partial charge in [0.2, 0.25) is 5.95 Å². The van der Waals surface area contributed by atoms with Crippen LogP contribution in [0, 0.1) is 11.6 Å². The maximum absolute atomic E-state index is 13.1. The predicted molar refractivity (Wildman–Crippen MR) is 71.7 cm³/mol. The van der Waals surface area contributed by atoms with Gasteiger partial charge in [0.15, 0.2) is 11.6 Å². The van der Waals surface area contributed by atoms with Gasteiger partial charge in [-0.05, 0) is 25.1 Å². The van der Waals surface area contributed by atoms with Crippen molar-refractivity contribution in [3.63, 3.8) is 0 Å². The van der Waals surface area contributed by atoms with E-state index < -0.39 is 11.6 Å². The van der Waals surface area contributed by atoms with Crippen LogP contribution in [0.3, 0.4) is 0 Å². The molecule has 0 aliphatic carbocycles. The van der Waals surface area contributed by atoms with Gasteiger partial charge in [0.25, 0.3) is 0 Å². The fourth-order valence-electron chi connectivity index (χ4n) is 1.32. The van der Waals surface area contributed by atoms with Crippen LogP contribution < -0.4 is 5.32 Å². The summed E-state index contributed by atoms with van der Waals surface area (Å²) in [5.41, 5.74) is 0. The lowest BCUT2D eigenvalue weighted by Gasteiger charge is -2.06. The molecule has 1 aromatic heterocycles. The number of benzene rings is 1. The van der Waals surface area contributed by atoms with E-state index in [1.165, 1.54) is 12.3 Å². The summed E-state index contributed by atoms with van der Waals surface area (Å²) in [7, 11) is 0. The second kappa shape index (κ2) is 6.16. The molecule has 1 N–H and O–H groups in total. The van der Waals surface area contributed by atoms with Gasteiger partial charge in [-0.1, -0.05) is 23.4 Å². The quantitative estimate of drug-likeness (QED) is 0.867. The minimum Gasteiger partial charge on any atom is -0.354 e. The van der Waals surface area contributed by atoms with E-state index in [2.05, 4.69) is 15.3 Å². The lowest BCUT2D eigenvalue weighted by atomic mass is 10.3. The molecule has 0 fully saturated rings. The molecule has 1 aromatic carbocycles. The van der Waals surface area contributed by atoms with Crippen molar-refractivity contribution in [2.24, 2.45) is 0 Å². The summed E-state index contributed by atoms with van der Waals surface area (Å²) in [5, 5.41) is 3.80. The Morgan fingerprint density at radius 1 is 1.32 bits per heavy atom. The lowest BCUT2D eigenvalue weighted by Crippen LogP contribution is -2.02. The van der Waals surface area contributed by atoms with Gasteiger partial charge < -0.3 is 5.32 Å². The number of hydrogen-bond acceptors (Lipinski definition) is 4. The zero-order chi connectivity index (χ0) is 13.8. The molecule has 0 aliphatic heterocycles. The molecular formula is C12H10ClF2N3S. The molecule has 0 bridgehead atoms. The summed E-state index contributed by atoms with van der Waals surface area (Å²) in [6, 6.07) is 3.64. The molecule has 1 heterocycles. The van der Waals surface area contributed by atoms with E-state index in [1.54, 1.807) is 0 Å². The predicted octanol–water partition coefficient (Wildman–Crippen LogP) is 3.99. The number of nitrogens with zero attached hydrogens (tertiary/aromatic N) is 2. The Morgan fingerprint density at radius 3 is 2.79 bits per heavy atom. The highest BCUT2D eigenvalue weighted by atomic mass is 35.5. The largest absolute Gasteiger partial charge is 0.354 e. The number of nitrogens with one attached hydrogen (secondary N) is 1. The molecule has 0 atom stereocenters. The molecule has 0 radical (unpaired) electrons. The molecule has 0 saturated carbocycles. The molecule has 7 heteroatoms. The monoisotopic (exact) mass is 301 g/mol. The Kier molecular flexibility index (Phi) is 4.55. The highest BCUT2D eigenvalue weighted by Crippen LogP contribution is 2.32. The van der Waals surface area contributed by atoms with Crippen LogP contribution in [0.25, 0.3) is 0 Å². The molecule has 0 aliphatic rings. The normalized spacial score (nSPS) is 10.5. The van der Waals surface area contributed by atoms with Gasteiger partial charge in [0.1, 0.15) is 5.03 Å². The standard InChI is InChI=1S/C12H10ClF2N3S/c1-2-16-12-17-6-8(13)11(18-12)19-7-3-4-9(14)10(15)5-7/h3-6H,2H2,1H3,(H,16,17,18). The second-order valence-electron chi connectivity index (χ2n) is 3.56. The molecule has 19 heavy (non-hydrogen) atoms. The van der Waals surface area contributed by atoms with E-state index in [1.807, 2.05) is 6.92 Å². The fourth-order valence-corrected chi connectivity index (χ4v) is 2.33. The third-order valence-corrected chi connectivity index (χ3v) is 3.54. The van der Waals surface area contributed by atoms with E-state index in [-0.39, 0.29) is 0 Å². The van der Waals surface area contributed by atoms with Crippen molar-refractivity contribution in [2.75, 3.05) is 11.9 Å². The Labute approximate surface area is 118 Å². The van der Waals surface area contributed by atoms with Crippen molar-refractivity contribution in [3.05, 3.63) is 41.1 Å². The number of hydrogen-bond donors (Lipinski definition) is 1. The molecule has 2 rings (SSSR count). The Balaban J connectivity index is 2.26. The van der Waals surface area contributed by atoms with Gasteiger partial charge >= 0.3 is 0 Å². The lowest BCUT2D eigenvalue weighted by molar-refractivity contribution is 0.506. The third-order valence-electron chi connectivity index (χ3n) is 2.15. The summed E-state index contributed by atoms with van der Waals surface area (Å²) < 4.78 is 26.0. The molecule has 0 unspecified atom stereocenters. The van der Waals surface area contributed by atoms with Crippen molar-refractivity contribution in [1.29, 1.82) is 0 Å². The smallest absolute Gasteiger partial charge is 0.223 e.